The van der Waals surface area contributed by atoms with Crippen molar-refractivity contribution < 1.29 is 14.6 Å². The number of nitrogens with one attached hydrogen (secondary N) is 1. The fraction of sp³-hybridized carbons (Fsp3) is 0.611. The topological polar surface area (TPSA) is 61.8 Å². The van der Waals surface area contributed by atoms with Gasteiger partial charge in [0.1, 0.15) is 0 Å². The third kappa shape index (κ3) is 4.61. The number of likely N-dealkylation sites (tertiary alicyclic amines) is 1. The first kappa shape index (κ1) is 17.6. The zero-order valence-corrected chi connectivity index (χ0v) is 14.3. The maximum absolute atomic E-state index is 12.2. The summed E-state index contributed by atoms with van der Waals surface area (Å²) in [6, 6.07) is 5.80. The Bertz CT molecular complexity index is 525. The van der Waals surface area contributed by atoms with Gasteiger partial charge in [0.05, 0.1) is 7.11 Å². The van der Waals surface area contributed by atoms with Crippen LogP contribution < -0.4 is 10.1 Å². The van der Waals surface area contributed by atoms with Crippen molar-refractivity contribution in [3.05, 3.63) is 23.8 Å². The number of hydrogen-bond donors (Lipinski definition) is 2. The second-order valence-electron chi connectivity index (χ2n) is 6.34. The minimum atomic E-state index is 0.110. The fourth-order valence-electron chi connectivity index (χ4n) is 2.92. The molecule has 1 aliphatic heterocycles. The van der Waals surface area contributed by atoms with Crippen LogP contribution >= 0.6 is 0 Å². The average Bonchev–Trinajstić information content (AvgIpc) is 2.57. The largest absolute Gasteiger partial charge is 0.504 e. The van der Waals surface area contributed by atoms with Crippen molar-refractivity contribution in [3.63, 3.8) is 0 Å². The number of amides is 1. The van der Waals surface area contributed by atoms with E-state index < -0.39 is 0 Å². The molecule has 128 valence electrons. The van der Waals surface area contributed by atoms with Crippen LogP contribution in [0.1, 0.15) is 38.7 Å². The normalized spacial score (nSPS) is 17.7. The molecule has 0 aromatic heterocycles. The van der Waals surface area contributed by atoms with E-state index in [1.54, 1.807) is 13.2 Å². The molecule has 2 N–H and O–H groups in total. The highest BCUT2D eigenvalue weighted by atomic mass is 16.5. The number of piperidine rings is 1. The molecule has 2 rings (SSSR count). The van der Waals surface area contributed by atoms with Crippen LogP contribution in [0.4, 0.5) is 0 Å². The first-order chi connectivity index (χ1) is 11.0. The van der Waals surface area contributed by atoms with Gasteiger partial charge < -0.3 is 15.2 Å². The number of para-hydroxylation sites is 1. The minimum Gasteiger partial charge on any atom is -0.504 e. The molecule has 0 bridgehead atoms. The molecule has 23 heavy (non-hydrogen) atoms. The molecule has 1 aromatic rings. The van der Waals surface area contributed by atoms with Crippen LogP contribution in [0, 0.1) is 5.92 Å². The van der Waals surface area contributed by atoms with Crippen LogP contribution in [-0.4, -0.2) is 42.2 Å². The zero-order chi connectivity index (χ0) is 16.8. The highest BCUT2D eigenvalue weighted by Gasteiger charge is 2.26. The van der Waals surface area contributed by atoms with E-state index in [1.807, 2.05) is 19.1 Å². The Kier molecular flexibility index (Phi) is 6.28. The summed E-state index contributed by atoms with van der Waals surface area (Å²) in [6.07, 6.45) is 2.69. The van der Waals surface area contributed by atoms with Crippen molar-refractivity contribution in [1.82, 2.24) is 10.2 Å². The summed E-state index contributed by atoms with van der Waals surface area (Å²) in [4.78, 5) is 14.5. The number of methoxy groups -OCH3 is 1. The minimum absolute atomic E-state index is 0.110. The number of ether oxygens (including phenoxy) is 1. The zero-order valence-electron chi connectivity index (χ0n) is 14.3. The summed E-state index contributed by atoms with van der Waals surface area (Å²) in [5, 5.41) is 13.2. The van der Waals surface area contributed by atoms with Crippen LogP contribution in [0.2, 0.25) is 0 Å². The van der Waals surface area contributed by atoms with E-state index in [1.165, 1.54) is 0 Å². The average molecular weight is 320 g/mol. The standard InChI is InChI=1S/C18H28N2O3/c1-4-13(2)19-18(22)14-8-10-20(11-9-14)12-15-6-5-7-16(23-3)17(15)21/h5-7,13-14,21H,4,8-12H2,1-3H3,(H,19,22)/t13-/m1/s1. The van der Waals surface area contributed by atoms with E-state index in [-0.39, 0.29) is 23.6 Å². The van der Waals surface area contributed by atoms with Gasteiger partial charge in [-0.25, -0.2) is 0 Å². The van der Waals surface area contributed by atoms with Gasteiger partial charge in [0.25, 0.3) is 0 Å². The Balaban J connectivity index is 1.87. The lowest BCUT2D eigenvalue weighted by Gasteiger charge is -2.32. The molecule has 5 heteroatoms. The molecule has 0 aliphatic carbocycles. The van der Waals surface area contributed by atoms with Crippen molar-refractivity contribution in [3.8, 4) is 11.5 Å². The van der Waals surface area contributed by atoms with Crippen molar-refractivity contribution in [2.75, 3.05) is 20.2 Å². The third-order valence-electron chi connectivity index (χ3n) is 4.66. The number of carbonyl (C=O) groups excluding carboxylic acids is 1. The predicted molar refractivity (Wildman–Crippen MR) is 90.6 cm³/mol. The first-order valence-electron chi connectivity index (χ1n) is 8.42. The van der Waals surface area contributed by atoms with Gasteiger partial charge in [0.15, 0.2) is 11.5 Å². The van der Waals surface area contributed by atoms with Crippen LogP contribution in [0.3, 0.4) is 0 Å². The lowest BCUT2D eigenvalue weighted by Crippen LogP contribution is -2.42. The second-order valence-corrected chi connectivity index (χ2v) is 6.34. The number of nitrogens with zero attached hydrogens (tertiary/aromatic N) is 1. The number of hydrogen-bond acceptors (Lipinski definition) is 4. The Morgan fingerprint density at radius 3 is 2.74 bits per heavy atom. The van der Waals surface area contributed by atoms with Crippen molar-refractivity contribution >= 4 is 5.91 Å². The van der Waals surface area contributed by atoms with Crippen molar-refractivity contribution in [2.45, 2.75) is 45.7 Å². The summed E-state index contributed by atoms with van der Waals surface area (Å²) in [6.45, 7) is 6.54. The number of benzene rings is 1. The molecule has 1 heterocycles. The summed E-state index contributed by atoms with van der Waals surface area (Å²) >= 11 is 0. The number of phenols is 1. The quantitative estimate of drug-likeness (QED) is 0.845. The number of phenolic OH excluding ortho intramolecular Hbond substituents is 1. The third-order valence-corrected chi connectivity index (χ3v) is 4.66. The molecule has 0 unspecified atom stereocenters. The second kappa shape index (κ2) is 8.20. The smallest absolute Gasteiger partial charge is 0.223 e. The van der Waals surface area contributed by atoms with E-state index in [0.29, 0.717) is 12.3 Å². The van der Waals surface area contributed by atoms with Gasteiger partial charge in [0.2, 0.25) is 5.91 Å². The molecular weight excluding hydrogens is 292 g/mol. The van der Waals surface area contributed by atoms with Crippen LogP contribution in [0.5, 0.6) is 11.5 Å². The molecule has 5 nitrogen and oxygen atoms in total. The molecular formula is C18H28N2O3. The molecule has 1 saturated heterocycles. The van der Waals surface area contributed by atoms with E-state index >= 15 is 0 Å². The van der Waals surface area contributed by atoms with Gasteiger partial charge in [-0.3, -0.25) is 9.69 Å². The lowest BCUT2D eigenvalue weighted by atomic mass is 9.95. The Hall–Kier alpha value is -1.75. The predicted octanol–water partition coefficient (Wildman–Crippen LogP) is 2.53. The lowest BCUT2D eigenvalue weighted by molar-refractivity contribution is -0.127. The first-order valence-corrected chi connectivity index (χ1v) is 8.42. The van der Waals surface area contributed by atoms with Crippen LogP contribution in [-0.2, 0) is 11.3 Å². The van der Waals surface area contributed by atoms with E-state index in [0.717, 1.165) is 37.9 Å². The number of aromatic hydroxyl groups is 1. The van der Waals surface area contributed by atoms with Crippen LogP contribution in [0.25, 0.3) is 0 Å². The molecule has 1 aromatic carbocycles. The van der Waals surface area contributed by atoms with E-state index in [4.69, 9.17) is 4.74 Å². The SMILES string of the molecule is CC[C@@H](C)NC(=O)C1CCN(Cc2cccc(OC)c2O)CC1. The molecule has 0 saturated carbocycles. The monoisotopic (exact) mass is 320 g/mol. The maximum Gasteiger partial charge on any atom is 0.223 e. The Morgan fingerprint density at radius 1 is 1.43 bits per heavy atom. The van der Waals surface area contributed by atoms with Crippen LogP contribution in [0.15, 0.2) is 18.2 Å². The highest BCUT2D eigenvalue weighted by Crippen LogP contribution is 2.31. The van der Waals surface area contributed by atoms with Gasteiger partial charge in [-0.15, -0.1) is 0 Å². The van der Waals surface area contributed by atoms with Gasteiger partial charge >= 0.3 is 0 Å². The highest BCUT2D eigenvalue weighted by molar-refractivity contribution is 5.79. The van der Waals surface area contributed by atoms with Gasteiger partial charge in [-0.2, -0.15) is 0 Å². The molecule has 0 radical (unpaired) electrons. The number of carbonyl (C=O) groups is 1. The Morgan fingerprint density at radius 2 is 2.13 bits per heavy atom. The molecule has 1 amide bonds. The van der Waals surface area contributed by atoms with E-state index in [2.05, 4.69) is 17.1 Å². The van der Waals surface area contributed by atoms with Gasteiger partial charge in [0, 0.05) is 24.1 Å². The Labute approximate surface area is 138 Å². The van der Waals surface area contributed by atoms with E-state index in [9.17, 15) is 9.90 Å². The van der Waals surface area contributed by atoms with Gasteiger partial charge in [-0.05, 0) is 45.3 Å². The molecule has 1 atom stereocenters. The summed E-state index contributed by atoms with van der Waals surface area (Å²) in [5.74, 6) is 1.01. The molecule has 1 aliphatic rings. The molecule has 1 fully saturated rings. The van der Waals surface area contributed by atoms with Crippen molar-refractivity contribution in [2.24, 2.45) is 5.92 Å². The van der Waals surface area contributed by atoms with Gasteiger partial charge in [-0.1, -0.05) is 19.1 Å². The summed E-state index contributed by atoms with van der Waals surface area (Å²) in [7, 11) is 1.56. The fourth-order valence-corrected chi connectivity index (χ4v) is 2.92. The maximum atomic E-state index is 12.2. The summed E-state index contributed by atoms with van der Waals surface area (Å²) in [5.41, 5.74) is 0.867. The van der Waals surface area contributed by atoms with Crippen molar-refractivity contribution in [1.29, 1.82) is 0 Å². The summed E-state index contributed by atoms with van der Waals surface area (Å²) < 4.78 is 5.15. The molecule has 0 spiro atoms. The number of rotatable bonds is 6.